The molecule has 0 atom stereocenters. The van der Waals surface area contributed by atoms with E-state index in [1.54, 1.807) is 0 Å². The monoisotopic (exact) mass is 338 g/mol. The van der Waals surface area contributed by atoms with Gasteiger partial charge in [0.2, 0.25) is 5.91 Å². The smallest absolute Gasteiger partial charge is 0.223 e. The van der Waals surface area contributed by atoms with E-state index in [0.29, 0.717) is 19.6 Å². The molecule has 2 aromatic rings. The zero-order chi connectivity index (χ0) is 17.8. The molecule has 1 aliphatic rings. The molecule has 2 aromatic carbocycles. The Balaban J connectivity index is 1.49. The lowest BCUT2D eigenvalue weighted by Crippen LogP contribution is -2.36. The Morgan fingerprint density at radius 1 is 1.16 bits per heavy atom. The molecule has 0 aliphatic carbocycles. The van der Waals surface area contributed by atoms with Crippen LogP contribution in [0, 0.1) is 13.8 Å². The van der Waals surface area contributed by atoms with Crippen LogP contribution >= 0.6 is 0 Å². The van der Waals surface area contributed by atoms with Crippen molar-refractivity contribution < 1.29 is 9.53 Å². The molecule has 25 heavy (non-hydrogen) atoms. The Hall–Kier alpha value is -2.49. The van der Waals surface area contributed by atoms with Gasteiger partial charge in [-0.1, -0.05) is 24.3 Å². The van der Waals surface area contributed by atoms with E-state index < -0.39 is 0 Å². The fourth-order valence-corrected chi connectivity index (χ4v) is 3.37. The Kier molecular flexibility index (Phi) is 5.27. The highest BCUT2D eigenvalue weighted by Gasteiger charge is 2.20. The van der Waals surface area contributed by atoms with Gasteiger partial charge >= 0.3 is 0 Å². The molecule has 0 saturated carbocycles. The first-order chi connectivity index (χ1) is 12.0. The minimum Gasteiger partial charge on any atom is -0.493 e. The number of hydrogen-bond acceptors (Lipinski definition) is 3. The van der Waals surface area contributed by atoms with E-state index in [2.05, 4.69) is 6.07 Å². The van der Waals surface area contributed by atoms with E-state index in [1.807, 2.05) is 49.1 Å². The first-order valence-corrected chi connectivity index (χ1v) is 8.88. The fraction of sp³-hybridized carbons (Fsp3) is 0.381. The zero-order valence-electron chi connectivity index (χ0n) is 15.0. The van der Waals surface area contributed by atoms with Crippen molar-refractivity contribution in [2.45, 2.75) is 39.7 Å². The number of benzene rings is 2. The SMILES string of the molecule is Cc1cccc(C)c1OCCCC(=O)N1CCc2ccc(N)cc2C1. The van der Waals surface area contributed by atoms with Crippen LogP contribution in [0.25, 0.3) is 0 Å². The molecule has 0 spiro atoms. The van der Waals surface area contributed by atoms with Crippen LogP contribution < -0.4 is 10.5 Å². The Labute approximate surface area is 149 Å². The molecule has 4 heteroatoms. The van der Waals surface area contributed by atoms with Crippen molar-refractivity contribution in [3.05, 3.63) is 58.7 Å². The lowest BCUT2D eigenvalue weighted by Gasteiger charge is -2.29. The zero-order valence-corrected chi connectivity index (χ0v) is 15.0. The molecule has 0 radical (unpaired) electrons. The van der Waals surface area contributed by atoms with E-state index in [0.717, 1.165) is 42.0 Å². The number of anilines is 1. The van der Waals surface area contributed by atoms with Crippen molar-refractivity contribution in [2.24, 2.45) is 0 Å². The summed E-state index contributed by atoms with van der Waals surface area (Å²) in [4.78, 5) is 14.4. The maximum atomic E-state index is 12.5. The lowest BCUT2D eigenvalue weighted by atomic mass is 9.99. The van der Waals surface area contributed by atoms with Gasteiger partial charge in [-0.3, -0.25) is 4.79 Å². The second-order valence-electron chi connectivity index (χ2n) is 6.77. The van der Waals surface area contributed by atoms with Gasteiger partial charge in [-0.25, -0.2) is 0 Å². The predicted octanol–water partition coefficient (Wildman–Crippen LogP) is 3.63. The van der Waals surface area contributed by atoms with Crippen molar-refractivity contribution in [3.63, 3.8) is 0 Å². The normalized spacial score (nSPS) is 13.4. The number of hydrogen-bond donors (Lipinski definition) is 1. The van der Waals surface area contributed by atoms with E-state index >= 15 is 0 Å². The molecular formula is C21H26N2O2. The standard InChI is InChI=1S/C21H26N2O2/c1-15-5-3-6-16(2)21(15)25-12-4-7-20(24)23-11-10-17-8-9-19(22)13-18(17)14-23/h3,5-6,8-9,13H,4,7,10-12,14,22H2,1-2H3. The number of aryl methyl sites for hydroxylation is 2. The third-order valence-electron chi connectivity index (χ3n) is 4.79. The molecule has 0 fully saturated rings. The summed E-state index contributed by atoms with van der Waals surface area (Å²) < 4.78 is 5.89. The van der Waals surface area contributed by atoms with Crippen LogP contribution in [0.5, 0.6) is 5.75 Å². The largest absolute Gasteiger partial charge is 0.493 e. The van der Waals surface area contributed by atoms with Crippen molar-refractivity contribution in [1.82, 2.24) is 4.90 Å². The summed E-state index contributed by atoms with van der Waals surface area (Å²) in [7, 11) is 0. The van der Waals surface area contributed by atoms with Crippen LogP contribution in [0.15, 0.2) is 36.4 Å². The number of nitrogens with zero attached hydrogens (tertiary/aromatic N) is 1. The van der Waals surface area contributed by atoms with Gasteiger partial charge in [0.05, 0.1) is 6.61 Å². The van der Waals surface area contributed by atoms with Crippen molar-refractivity contribution in [2.75, 3.05) is 18.9 Å². The lowest BCUT2D eigenvalue weighted by molar-refractivity contribution is -0.132. The Morgan fingerprint density at radius 3 is 2.68 bits per heavy atom. The molecular weight excluding hydrogens is 312 g/mol. The van der Waals surface area contributed by atoms with Crippen LogP contribution in [0.4, 0.5) is 5.69 Å². The Bertz CT molecular complexity index is 750. The van der Waals surface area contributed by atoms with Crippen molar-refractivity contribution >= 4 is 11.6 Å². The van der Waals surface area contributed by atoms with Crippen LogP contribution in [-0.2, 0) is 17.8 Å². The number of carbonyl (C=O) groups excluding carboxylic acids is 1. The number of fused-ring (bicyclic) bond motifs is 1. The van der Waals surface area contributed by atoms with Crippen LogP contribution in [-0.4, -0.2) is 24.0 Å². The summed E-state index contributed by atoms with van der Waals surface area (Å²) in [6.07, 6.45) is 2.15. The minimum atomic E-state index is 0.193. The summed E-state index contributed by atoms with van der Waals surface area (Å²) >= 11 is 0. The van der Waals surface area contributed by atoms with Gasteiger partial charge in [-0.05, 0) is 61.1 Å². The molecule has 0 bridgehead atoms. The van der Waals surface area contributed by atoms with Gasteiger partial charge in [-0.15, -0.1) is 0 Å². The van der Waals surface area contributed by atoms with Crippen molar-refractivity contribution in [1.29, 1.82) is 0 Å². The summed E-state index contributed by atoms with van der Waals surface area (Å²) in [5, 5.41) is 0. The van der Waals surface area contributed by atoms with Gasteiger partial charge in [0.25, 0.3) is 0 Å². The van der Waals surface area contributed by atoms with E-state index in [9.17, 15) is 4.79 Å². The first-order valence-electron chi connectivity index (χ1n) is 8.88. The van der Waals surface area contributed by atoms with E-state index in [-0.39, 0.29) is 5.91 Å². The fourth-order valence-electron chi connectivity index (χ4n) is 3.37. The summed E-state index contributed by atoms with van der Waals surface area (Å²) in [6, 6.07) is 12.1. The Morgan fingerprint density at radius 2 is 1.92 bits per heavy atom. The molecule has 4 nitrogen and oxygen atoms in total. The van der Waals surface area contributed by atoms with Gasteiger partial charge in [-0.2, -0.15) is 0 Å². The molecule has 132 valence electrons. The van der Waals surface area contributed by atoms with Crippen molar-refractivity contribution in [3.8, 4) is 5.75 Å². The average molecular weight is 338 g/mol. The highest BCUT2D eigenvalue weighted by Crippen LogP contribution is 2.24. The number of ether oxygens (including phenoxy) is 1. The number of nitrogen functional groups attached to an aromatic ring is 1. The number of carbonyl (C=O) groups is 1. The maximum Gasteiger partial charge on any atom is 0.223 e. The molecule has 0 saturated heterocycles. The molecule has 1 aliphatic heterocycles. The summed E-state index contributed by atoms with van der Waals surface area (Å²) in [5.74, 6) is 1.13. The minimum absolute atomic E-state index is 0.193. The quantitative estimate of drug-likeness (QED) is 0.669. The number of amides is 1. The average Bonchev–Trinajstić information content (AvgIpc) is 2.59. The molecule has 0 aromatic heterocycles. The number of nitrogens with two attached hydrogens (primary N) is 1. The second-order valence-corrected chi connectivity index (χ2v) is 6.77. The topological polar surface area (TPSA) is 55.6 Å². The van der Waals surface area contributed by atoms with Crippen LogP contribution in [0.1, 0.15) is 35.1 Å². The summed E-state index contributed by atoms with van der Waals surface area (Å²) in [5.41, 5.74) is 11.4. The second kappa shape index (κ2) is 7.60. The molecule has 2 N–H and O–H groups in total. The van der Waals surface area contributed by atoms with Crippen LogP contribution in [0.3, 0.4) is 0 Å². The molecule has 1 heterocycles. The maximum absolute atomic E-state index is 12.5. The number of para-hydroxylation sites is 1. The van der Waals surface area contributed by atoms with E-state index in [4.69, 9.17) is 10.5 Å². The third-order valence-corrected chi connectivity index (χ3v) is 4.79. The predicted molar refractivity (Wildman–Crippen MR) is 101 cm³/mol. The third kappa shape index (κ3) is 4.13. The van der Waals surface area contributed by atoms with E-state index in [1.165, 1.54) is 11.1 Å². The van der Waals surface area contributed by atoms with Gasteiger partial charge in [0.15, 0.2) is 0 Å². The first kappa shape index (κ1) is 17.3. The van der Waals surface area contributed by atoms with Gasteiger partial charge < -0.3 is 15.4 Å². The molecule has 0 unspecified atom stereocenters. The summed E-state index contributed by atoms with van der Waals surface area (Å²) in [6.45, 7) is 6.11. The molecule has 1 amide bonds. The van der Waals surface area contributed by atoms with Gasteiger partial charge in [0, 0.05) is 25.2 Å². The van der Waals surface area contributed by atoms with Crippen LogP contribution in [0.2, 0.25) is 0 Å². The highest BCUT2D eigenvalue weighted by atomic mass is 16.5. The molecule has 3 rings (SSSR count). The number of rotatable bonds is 5. The van der Waals surface area contributed by atoms with Gasteiger partial charge in [0.1, 0.15) is 5.75 Å². The highest BCUT2D eigenvalue weighted by molar-refractivity contribution is 5.76.